The molecule has 4 nitrogen and oxygen atoms in total. The number of nitrogens with two attached hydrogens (primary N) is 1. The molecule has 0 heterocycles. The van der Waals surface area contributed by atoms with Crippen molar-refractivity contribution in [2.24, 2.45) is 11.1 Å². The fourth-order valence-electron chi connectivity index (χ4n) is 2.40. The Morgan fingerprint density at radius 1 is 1.24 bits per heavy atom. The Bertz CT molecular complexity index is 430. The average Bonchev–Trinajstić information content (AvgIpc) is 2.50. The van der Waals surface area contributed by atoms with E-state index < -0.39 is 5.41 Å². The van der Waals surface area contributed by atoms with Gasteiger partial charge in [-0.15, -0.1) is 0 Å². The van der Waals surface area contributed by atoms with Crippen molar-refractivity contribution in [1.82, 2.24) is 5.32 Å². The third kappa shape index (κ3) is 4.21. The number of carbonyl (C=O) groups excluding carboxylic acids is 1. The summed E-state index contributed by atoms with van der Waals surface area (Å²) in [6.07, 6.45) is 1.50. The van der Waals surface area contributed by atoms with Gasteiger partial charge in [-0.1, -0.05) is 26.0 Å². The zero-order chi connectivity index (χ0) is 15.9. The van der Waals surface area contributed by atoms with Gasteiger partial charge in [-0.25, -0.2) is 0 Å². The highest BCUT2D eigenvalue weighted by atomic mass is 16.5. The number of hydrogen-bond acceptors (Lipinski definition) is 3. The first kappa shape index (κ1) is 17.5. The predicted molar refractivity (Wildman–Crippen MR) is 86.2 cm³/mol. The van der Waals surface area contributed by atoms with E-state index in [1.807, 2.05) is 52.0 Å². The van der Waals surface area contributed by atoms with Crippen molar-refractivity contribution in [3.63, 3.8) is 0 Å². The Morgan fingerprint density at radius 2 is 1.81 bits per heavy atom. The maximum absolute atomic E-state index is 12.5. The zero-order valence-corrected chi connectivity index (χ0v) is 13.6. The molecule has 0 bridgehead atoms. The number of carbonyl (C=O) groups is 1. The molecular weight excluding hydrogens is 264 g/mol. The van der Waals surface area contributed by atoms with Crippen molar-refractivity contribution < 1.29 is 9.53 Å². The topological polar surface area (TPSA) is 64.3 Å². The van der Waals surface area contributed by atoms with Crippen LogP contribution in [0, 0.1) is 5.41 Å². The third-order valence-corrected chi connectivity index (χ3v) is 4.26. The van der Waals surface area contributed by atoms with Crippen LogP contribution >= 0.6 is 0 Å². The van der Waals surface area contributed by atoms with Crippen molar-refractivity contribution in [1.29, 1.82) is 0 Å². The van der Waals surface area contributed by atoms with Gasteiger partial charge in [0.25, 0.3) is 0 Å². The molecule has 0 aliphatic carbocycles. The number of hydrogen-bond donors (Lipinski definition) is 2. The number of ether oxygens (including phenoxy) is 1. The molecule has 1 unspecified atom stereocenters. The molecule has 0 radical (unpaired) electrons. The van der Waals surface area contributed by atoms with Gasteiger partial charge >= 0.3 is 0 Å². The van der Waals surface area contributed by atoms with Crippen LogP contribution in [-0.4, -0.2) is 19.1 Å². The molecule has 0 aliphatic rings. The summed E-state index contributed by atoms with van der Waals surface area (Å²) < 4.78 is 5.42. The SMILES string of the molecule is CCOc1ccc(C(C)NC(=O)C(CC)(CC)CN)cc1. The molecule has 1 rings (SSSR count). The minimum atomic E-state index is -0.459. The second-order valence-electron chi connectivity index (χ2n) is 5.39. The molecule has 0 aliphatic heterocycles. The van der Waals surface area contributed by atoms with Crippen molar-refractivity contribution in [2.75, 3.05) is 13.2 Å². The Morgan fingerprint density at radius 3 is 2.24 bits per heavy atom. The summed E-state index contributed by atoms with van der Waals surface area (Å²) in [6.45, 7) is 8.99. The Hall–Kier alpha value is -1.55. The monoisotopic (exact) mass is 292 g/mol. The molecule has 1 aromatic rings. The van der Waals surface area contributed by atoms with Gasteiger partial charge in [-0.3, -0.25) is 4.79 Å². The third-order valence-electron chi connectivity index (χ3n) is 4.26. The summed E-state index contributed by atoms with van der Waals surface area (Å²) in [5.41, 5.74) is 6.42. The number of nitrogens with one attached hydrogen (secondary N) is 1. The smallest absolute Gasteiger partial charge is 0.227 e. The molecule has 0 spiro atoms. The molecule has 0 fully saturated rings. The molecule has 0 saturated heterocycles. The highest BCUT2D eigenvalue weighted by molar-refractivity contribution is 5.83. The van der Waals surface area contributed by atoms with Gasteiger partial charge in [0.1, 0.15) is 5.75 Å². The molecule has 4 heteroatoms. The van der Waals surface area contributed by atoms with E-state index in [2.05, 4.69) is 5.32 Å². The second-order valence-corrected chi connectivity index (χ2v) is 5.39. The fourth-order valence-corrected chi connectivity index (χ4v) is 2.40. The van der Waals surface area contributed by atoms with E-state index in [4.69, 9.17) is 10.5 Å². The Kier molecular flexibility index (Phi) is 6.69. The maximum atomic E-state index is 12.5. The van der Waals surface area contributed by atoms with E-state index in [9.17, 15) is 4.79 Å². The molecular formula is C17H28N2O2. The number of benzene rings is 1. The van der Waals surface area contributed by atoms with Gasteiger partial charge in [0, 0.05) is 6.54 Å². The van der Waals surface area contributed by atoms with Crippen LogP contribution in [0.25, 0.3) is 0 Å². The largest absolute Gasteiger partial charge is 0.494 e. The quantitative estimate of drug-likeness (QED) is 0.774. The lowest BCUT2D eigenvalue weighted by Gasteiger charge is -2.30. The first-order valence-electron chi connectivity index (χ1n) is 7.76. The van der Waals surface area contributed by atoms with Crippen LogP contribution in [0.2, 0.25) is 0 Å². The summed E-state index contributed by atoms with van der Waals surface area (Å²) >= 11 is 0. The minimum absolute atomic E-state index is 0.0383. The van der Waals surface area contributed by atoms with Gasteiger partial charge in [0.15, 0.2) is 0 Å². The first-order chi connectivity index (χ1) is 10.0. The van der Waals surface area contributed by atoms with Gasteiger partial charge in [0.2, 0.25) is 5.91 Å². The van der Waals surface area contributed by atoms with Crippen molar-refractivity contribution in [3.05, 3.63) is 29.8 Å². The normalized spacial score (nSPS) is 12.8. The van der Waals surface area contributed by atoms with Crippen LogP contribution in [-0.2, 0) is 4.79 Å². The molecule has 1 aromatic carbocycles. The lowest BCUT2D eigenvalue weighted by atomic mass is 9.81. The van der Waals surface area contributed by atoms with E-state index in [1.54, 1.807) is 0 Å². The first-order valence-corrected chi connectivity index (χ1v) is 7.76. The maximum Gasteiger partial charge on any atom is 0.227 e. The fraction of sp³-hybridized carbons (Fsp3) is 0.588. The van der Waals surface area contributed by atoms with Crippen molar-refractivity contribution in [2.45, 2.75) is 46.6 Å². The number of amides is 1. The van der Waals surface area contributed by atoms with Crippen LogP contribution in [0.1, 0.15) is 52.1 Å². The van der Waals surface area contributed by atoms with Gasteiger partial charge in [0.05, 0.1) is 18.1 Å². The summed E-state index contributed by atoms with van der Waals surface area (Å²) in [5, 5.41) is 3.08. The summed E-state index contributed by atoms with van der Waals surface area (Å²) in [7, 11) is 0. The molecule has 0 saturated carbocycles. The summed E-state index contributed by atoms with van der Waals surface area (Å²) in [4.78, 5) is 12.5. The van der Waals surface area contributed by atoms with E-state index in [-0.39, 0.29) is 11.9 Å². The van der Waals surface area contributed by atoms with E-state index in [0.717, 1.165) is 24.2 Å². The van der Waals surface area contributed by atoms with Crippen molar-refractivity contribution in [3.8, 4) is 5.75 Å². The molecule has 3 N–H and O–H groups in total. The van der Waals surface area contributed by atoms with Crippen molar-refractivity contribution >= 4 is 5.91 Å². The van der Waals surface area contributed by atoms with Crippen LogP contribution < -0.4 is 15.8 Å². The van der Waals surface area contributed by atoms with Crippen LogP contribution in [0.15, 0.2) is 24.3 Å². The molecule has 0 aromatic heterocycles. The standard InChI is InChI=1S/C17H28N2O2/c1-5-17(6-2,12-18)16(20)19-13(4)14-8-10-15(11-9-14)21-7-3/h8-11,13H,5-7,12,18H2,1-4H3,(H,19,20). The minimum Gasteiger partial charge on any atom is -0.494 e. The molecule has 118 valence electrons. The van der Waals surface area contributed by atoms with Crippen LogP contribution in [0.5, 0.6) is 5.75 Å². The Balaban J connectivity index is 2.75. The number of rotatable bonds is 8. The van der Waals surface area contributed by atoms with E-state index >= 15 is 0 Å². The van der Waals surface area contributed by atoms with Crippen LogP contribution in [0.3, 0.4) is 0 Å². The lowest BCUT2D eigenvalue weighted by Crippen LogP contribution is -2.46. The second kappa shape index (κ2) is 8.03. The van der Waals surface area contributed by atoms with Gasteiger partial charge < -0.3 is 15.8 Å². The lowest BCUT2D eigenvalue weighted by molar-refractivity contribution is -0.131. The predicted octanol–water partition coefficient (Wildman–Crippen LogP) is 3.03. The summed E-state index contributed by atoms with van der Waals surface area (Å²) in [5.74, 6) is 0.884. The average molecular weight is 292 g/mol. The highest BCUT2D eigenvalue weighted by Crippen LogP contribution is 2.27. The Labute approximate surface area is 128 Å². The van der Waals surface area contributed by atoms with Gasteiger partial charge in [-0.2, -0.15) is 0 Å². The van der Waals surface area contributed by atoms with Crippen LogP contribution in [0.4, 0.5) is 0 Å². The molecule has 1 atom stereocenters. The molecule has 1 amide bonds. The van der Waals surface area contributed by atoms with E-state index in [0.29, 0.717) is 13.2 Å². The van der Waals surface area contributed by atoms with E-state index in [1.165, 1.54) is 0 Å². The highest BCUT2D eigenvalue weighted by Gasteiger charge is 2.33. The zero-order valence-electron chi connectivity index (χ0n) is 13.6. The molecule has 21 heavy (non-hydrogen) atoms. The van der Waals surface area contributed by atoms with Gasteiger partial charge in [-0.05, 0) is 44.4 Å². The summed E-state index contributed by atoms with van der Waals surface area (Å²) in [6, 6.07) is 7.78.